The minimum Gasteiger partial charge on any atom is -0.465 e. The second-order valence-corrected chi connectivity index (χ2v) is 5.85. The fraction of sp³-hybridized carbons (Fsp3) is 0.133. The molecule has 0 saturated carbocycles. The summed E-state index contributed by atoms with van der Waals surface area (Å²) in [5.74, 6) is -1.55. The second kappa shape index (κ2) is 6.14. The third-order valence-electron chi connectivity index (χ3n) is 3.61. The number of H-pyrrole nitrogens is 2. The summed E-state index contributed by atoms with van der Waals surface area (Å²) in [5.41, 5.74) is 6.25. The minimum absolute atomic E-state index is 0.0309. The molecule has 0 saturated heterocycles. The Morgan fingerprint density at radius 2 is 2.00 bits per heavy atom. The summed E-state index contributed by atoms with van der Waals surface area (Å²) < 4.78 is 10.3. The van der Waals surface area contributed by atoms with Crippen LogP contribution in [0.5, 0.6) is 5.88 Å². The third kappa shape index (κ3) is 2.70. The number of halogens is 1. The number of benzene rings is 1. The molecule has 4 N–H and O–H groups in total. The van der Waals surface area contributed by atoms with Gasteiger partial charge in [-0.2, -0.15) is 0 Å². The number of ether oxygens (including phenoxy) is 2. The molecule has 9 heteroatoms. The van der Waals surface area contributed by atoms with Crippen LogP contribution in [0.1, 0.15) is 17.0 Å². The third-order valence-corrected chi connectivity index (χ3v) is 4.06. The molecule has 0 aliphatic carbocycles. The number of esters is 1. The molecule has 1 unspecified atom stereocenters. The van der Waals surface area contributed by atoms with E-state index in [-0.39, 0.29) is 27.7 Å². The van der Waals surface area contributed by atoms with E-state index >= 15 is 0 Å². The molecule has 24 heavy (non-hydrogen) atoms. The van der Waals surface area contributed by atoms with Crippen molar-refractivity contribution in [2.75, 3.05) is 7.11 Å². The van der Waals surface area contributed by atoms with Crippen molar-refractivity contribution in [3.63, 3.8) is 0 Å². The Labute approximate surface area is 146 Å². The Kier molecular flexibility index (Phi) is 4.16. The van der Waals surface area contributed by atoms with Crippen LogP contribution in [0, 0.1) is 4.77 Å². The van der Waals surface area contributed by atoms with Gasteiger partial charge in [-0.3, -0.25) is 9.78 Å². The Morgan fingerprint density at radius 1 is 1.33 bits per heavy atom. The second-order valence-electron chi connectivity index (χ2n) is 5.01. The Hall–Kier alpha value is -2.58. The molecule has 0 bridgehead atoms. The molecule has 7 nitrogen and oxygen atoms in total. The van der Waals surface area contributed by atoms with Crippen LogP contribution in [0.15, 0.2) is 40.5 Å². The maximum absolute atomic E-state index is 12.4. The highest BCUT2D eigenvalue weighted by atomic mass is 35.5. The van der Waals surface area contributed by atoms with E-state index in [9.17, 15) is 9.59 Å². The van der Waals surface area contributed by atoms with Crippen molar-refractivity contribution in [1.29, 1.82) is 0 Å². The summed E-state index contributed by atoms with van der Waals surface area (Å²) in [5, 5.41) is 0.518. The first kappa shape index (κ1) is 16.3. The summed E-state index contributed by atoms with van der Waals surface area (Å²) in [4.78, 5) is 29.9. The molecule has 1 aliphatic heterocycles. The predicted molar refractivity (Wildman–Crippen MR) is 89.4 cm³/mol. The summed E-state index contributed by atoms with van der Waals surface area (Å²) in [7, 11) is 1.22. The van der Waals surface area contributed by atoms with Crippen LogP contribution in [-0.4, -0.2) is 23.0 Å². The van der Waals surface area contributed by atoms with Crippen LogP contribution >= 0.6 is 23.8 Å². The number of methoxy groups -OCH3 is 1. The lowest BCUT2D eigenvalue weighted by Gasteiger charge is -2.26. The zero-order valence-corrected chi connectivity index (χ0v) is 14.0. The molecule has 0 fully saturated rings. The van der Waals surface area contributed by atoms with Crippen LogP contribution in [0.4, 0.5) is 0 Å². The van der Waals surface area contributed by atoms with Gasteiger partial charge in [-0.15, -0.1) is 0 Å². The van der Waals surface area contributed by atoms with Crippen molar-refractivity contribution in [3.05, 3.63) is 67.0 Å². The lowest BCUT2D eigenvalue weighted by atomic mass is 9.84. The van der Waals surface area contributed by atoms with Gasteiger partial charge in [0.05, 0.1) is 18.6 Å². The lowest BCUT2D eigenvalue weighted by Crippen LogP contribution is -2.32. The number of carbonyl (C=O) groups is 1. The van der Waals surface area contributed by atoms with Gasteiger partial charge in [-0.1, -0.05) is 23.7 Å². The van der Waals surface area contributed by atoms with Gasteiger partial charge in [-0.25, -0.2) is 4.79 Å². The monoisotopic (exact) mass is 365 g/mol. The molecule has 0 amide bonds. The fourth-order valence-electron chi connectivity index (χ4n) is 2.59. The lowest BCUT2D eigenvalue weighted by molar-refractivity contribution is -0.136. The number of fused-ring (bicyclic) bond motifs is 1. The van der Waals surface area contributed by atoms with Crippen LogP contribution in [0.3, 0.4) is 0 Å². The predicted octanol–water partition coefficient (Wildman–Crippen LogP) is 1.95. The maximum atomic E-state index is 12.4. The smallest absolute Gasteiger partial charge is 0.340 e. The number of rotatable bonds is 2. The number of aromatic nitrogens is 2. The highest BCUT2D eigenvalue weighted by Gasteiger charge is 2.37. The molecule has 2 aromatic rings. The average molecular weight is 366 g/mol. The standard InChI is InChI=1S/C15H12ClN3O4S/c1-22-14(21)9-8(6-2-4-7(16)5-3-6)10-12(20)18-15(24)19-13(10)23-11(9)17/h2-5,8H,17H2,1H3,(H2,18,19,20,24). The SMILES string of the molecule is COC(=O)C1=C(N)Oc2[nH]c(=S)[nH]c(=O)c2C1c1ccc(Cl)cc1. The van der Waals surface area contributed by atoms with Crippen LogP contribution in [-0.2, 0) is 9.53 Å². The van der Waals surface area contributed by atoms with Gasteiger partial charge >= 0.3 is 5.97 Å². The van der Waals surface area contributed by atoms with E-state index in [4.69, 9.17) is 39.0 Å². The molecule has 1 atom stereocenters. The maximum Gasteiger partial charge on any atom is 0.340 e. The zero-order valence-electron chi connectivity index (χ0n) is 12.4. The normalized spacial score (nSPS) is 16.3. The number of hydrogen-bond donors (Lipinski definition) is 3. The quantitative estimate of drug-likeness (QED) is 0.554. The fourth-order valence-corrected chi connectivity index (χ4v) is 2.90. The molecule has 0 spiro atoms. The van der Waals surface area contributed by atoms with Crippen molar-refractivity contribution in [1.82, 2.24) is 9.97 Å². The van der Waals surface area contributed by atoms with E-state index in [1.54, 1.807) is 24.3 Å². The number of hydrogen-bond acceptors (Lipinski definition) is 6. The highest BCUT2D eigenvalue weighted by Crippen LogP contribution is 2.39. The molecule has 3 rings (SSSR count). The molecule has 1 aliphatic rings. The van der Waals surface area contributed by atoms with Gasteiger partial charge in [0, 0.05) is 5.02 Å². The Balaban J connectivity index is 2.31. The summed E-state index contributed by atoms with van der Waals surface area (Å²) in [6.07, 6.45) is 0. The van der Waals surface area contributed by atoms with Gasteiger partial charge < -0.3 is 20.2 Å². The van der Waals surface area contributed by atoms with Crippen molar-refractivity contribution in [2.24, 2.45) is 5.73 Å². The van der Waals surface area contributed by atoms with Crippen molar-refractivity contribution in [3.8, 4) is 5.88 Å². The summed E-state index contributed by atoms with van der Waals surface area (Å²) in [6, 6.07) is 6.69. The van der Waals surface area contributed by atoms with E-state index in [1.807, 2.05) is 0 Å². The Bertz CT molecular complexity index is 962. The summed E-state index contributed by atoms with van der Waals surface area (Å²) in [6.45, 7) is 0. The molecule has 1 aromatic heterocycles. The highest BCUT2D eigenvalue weighted by molar-refractivity contribution is 7.71. The average Bonchev–Trinajstić information content (AvgIpc) is 2.53. The van der Waals surface area contributed by atoms with Crippen LogP contribution in [0.2, 0.25) is 5.02 Å². The van der Waals surface area contributed by atoms with Gasteiger partial charge in [0.15, 0.2) is 4.77 Å². The molecule has 1 aromatic carbocycles. The van der Waals surface area contributed by atoms with Gasteiger partial charge in [-0.05, 0) is 29.9 Å². The number of aromatic amines is 2. The first-order valence-electron chi connectivity index (χ1n) is 6.80. The van der Waals surface area contributed by atoms with Gasteiger partial charge in [0.1, 0.15) is 5.57 Å². The zero-order chi connectivity index (χ0) is 17.4. The van der Waals surface area contributed by atoms with Gasteiger partial charge in [0.2, 0.25) is 11.8 Å². The van der Waals surface area contributed by atoms with Crippen LogP contribution in [0.25, 0.3) is 0 Å². The Morgan fingerprint density at radius 3 is 2.62 bits per heavy atom. The van der Waals surface area contributed by atoms with Crippen molar-refractivity contribution >= 4 is 29.8 Å². The van der Waals surface area contributed by atoms with Gasteiger partial charge in [0.25, 0.3) is 5.56 Å². The number of carbonyl (C=O) groups excluding carboxylic acids is 1. The molecular weight excluding hydrogens is 354 g/mol. The number of nitrogens with one attached hydrogen (secondary N) is 2. The molecule has 0 radical (unpaired) electrons. The van der Waals surface area contributed by atoms with E-state index < -0.39 is 17.4 Å². The van der Waals surface area contributed by atoms with E-state index in [0.717, 1.165) is 0 Å². The van der Waals surface area contributed by atoms with Crippen LogP contribution < -0.4 is 16.0 Å². The molecular formula is C15H12ClN3O4S. The van der Waals surface area contributed by atoms with E-state index in [0.29, 0.717) is 10.6 Å². The summed E-state index contributed by atoms with van der Waals surface area (Å²) >= 11 is 10.9. The first-order chi connectivity index (χ1) is 11.4. The largest absolute Gasteiger partial charge is 0.465 e. The van der Waals surface area contributed by atoms with Crippen molar-refractivity contribution in [2.45, 2.75) is 5.92 Å². The first-order valence-corrected chi connectivity index (χ1v) is 7.58. The molecule has 124 valence electrons. The van der Waals surface area contributed by atoms with E-state index in [2.05, 4.69) is 9.97 Å². The van der Waals surface area contributed by atoms with E-state index in [1.165, 1.54) is 7.11 Å². The molecule has 2 heterocycles. The van der Waals surface area contributed by atoms with Crippen molar-refractivity contribution < 1.29 is 14.3 Å². The number of nitrogens with two attached hydrogens (primary N) is 1. The topological polar surface area (TPSA) is 110 Å². The minimum atomic E-state index is -0.783.